The van der Waals surface area contributed by atoms with Crippen LogP contribution in [-0.2, 0) is 19.0 Å². The number of aliphatic hydroxyl groups is 3. The number of ether oxygens (including phenoxy) is 3. The minimum absolute atomic E-state index is 0.0151. The molecule has 6 unspecified atom stereocenters. The molecule has 1 aliphatic carbocycles. The lowest BCUT2D eigenvalue weighted by Gasteiger charge is -2.43. The van der Waals surface area contributed by atoms with Crippen molar-refractivity contribution in [3.8, 4) is 0 Å². The molecule has 3 rings (SSSR count). The molecular weight excluding hydrogens is 432 g/mol. The summed E-state index contributed by atoms with van der Waals surface area (Å²) in [6.07, 6.45) is -9.75. The molecule has 1 fully saturated rings. The highest BCUT2D eigenvalue weighted by Crippen LogP contribution is 2.30. The maximum Gasteiger partial charge on any atom is 0.338 e. The fraction of sp³-hybridized carbons (Fsp3) is 0.375. The van der Waals surface area contributed by atoms with Gasteiger partial charge in [-0.25, -0.2) is 9.59 Å². The van der Waals surface area contributed by atoms with Crippen LogP contribution >= 0.6 is 0 Å². The van der Waals surface area contributed by atoms with Crippen LogP contribution in [0.2, 0.25) is 0 Å². The van der Waals surface area contributed by atoms with Gasteiger partial charge in [0.1, 0.15) is 18.3 Å². The summed E-state index contributed by atoms with van der Waals surface area (Å²) in [7, 11) is 0. The number of carbonyl (C=O) groups is 3. The lowest BCUT2D eigenvalue weighted by Crippen LogP contribution is -2.66. The summed E-state index contributed by atoms with van der Waals surface area (Å²) >= 11 is 0. The predicted octanol–water partition coefficient (Wildman–Crippen LogP) is 1.25. The van der Waals surface area contributed by atoms with Gasteiger partial charge in [0.2, 0.25) is 0 Å². The lowest BCUT2D eigenvalue weighted by molar-refractivity contribution is -0.233. The number of aliphatic hydroxyl groups excluding tert-OH is 3. The van der Waals surface area contributed by atoms with E-state index in [0.29, 0.717) is 6.42 Å². The third kappa shape index (κ3) is 5.75. The van der Waals surface area contributed by atoms with Crippen LogP contribution in [0.4, 0.5) is 0 Å². The van der Waals surface area contributed by atoms with E-state index in [9.17, 15) is 29.7 Å². The topological polar surface area (TPSA) is 140 Å². The lowest BCUT2D eigenvalue weighted by atomic mass is 9.84. The van der Waals surface area contributed by atoms with Crippen molar-refractivity contribution in [2.24, 2.45) is 0 Å². The summed E-state index contributed by atoms with van der Waals surface area (Å²) in [6.45, 7) is 1.74. The summed E-state index contributed by atoms with van der Waals surface area (Å²) in [4.78, 5) is 37.2. The number of rotatable bonds is 7. The first-order valence-corrected chi connectivity index (χ1v) is 10.6. The maximum absolute atomic E-state index is 12.6. The van der Waals surface area contributed by atoms with E-state index in [4.69, 9.17) is 14.2 Å². The highest BCUT2D eigenvalue weighted by Gasteiger charge is 2.55. The number of hydrogen-bond donors (Lipinski definition) is 3. The first-order chi connectivity index (χ1) is 15.8. The molecular formula is C24H26O9. The monoisotopic (exact) mass is 458 g/mol. The number of esters is 3. The number of benzene rings is 2. The summed E-state index contributed by atoms with van der Waals surface area (Å²) in [5, 5.41) is 32.1. The minimum atomic E-state index is -1.81. The van der Waals surface area contributed by atoms with Crippen molar-refractivity contribution in [3.63, 3.8) is 0 Å². The molecule has 6 atom stereocenters. The average molecular weight is 458 g/mol. The second-order valence-corrected chi connectivity index (χ2v) is 7.65. The van der Waals surface area contributed by atoms with E-state index in [-0.39, 0.29) is 17.5 Å². The molecule has 1 aliphatic rings. The van der Waals surface area contributed by atoms with E-state index in [0.717, 1.165) is 0 Å². The van der Waals surface area contributed by atoms with Crippen molar-refractivity contribution in [1.82, 2.24) is 0 Å². The molecule has 3 N–H and O–H groups in total. The van der Waals surface area contributed by atoms with Crippen LogP contribution in [0, 0.1) is 0 Å². The molecule has 0 aromatic heterocycles. The molecule has 2 aromatic rings. The zero-order valence-electron chi connectivity index (χ0n) is 17.9. The summed E-state index contributed by atoms with van der Waals surface area (Å²) < 4.78 is 15.9. The molecule has 0 bridgehead atoms. The fourth-order valence-corrected chi connectivity index (χ4v) is 3.53. The Hall–Kier alpha value is -3.27. The van der Waals surface area contributed by atoms with Gasteiger partial charge >= 0.3 is 17.9 Å². The van der Waals surface area contributed by atoms with Gasteiger partial charge in [-0.05, 0) is 30.7 Å². The third-order valence-corrected chi connectivity index (χ3v) is 5.25. The Morgan fingerprint density at radius 2 is 1.09 bits per heavy atom. The van der Waals surface area contributed by atoms with E-state index in [1.54, 1.807) is 43.3 Å². The largest absolute Gasteiger partial charge is 0.455 e. The zero-order chi connectivity index (χ0) is 24.0. The van der Waals surface area contributed by atoms with Crippen LogP contribution < -0.4 is 0 Å². The van der Waals surface area contributed by atoms with Gasteiger partial charge in [-0.15, -0.1) is 0 Å². The molecule has 0 saturated heterocycles. The highest BCUT2D eigenvalue weighted by atomic mass is 16.6. The molecule has 33 heavy (non-hydrogen) atoms. The standard InChI is InChI=1S/C24H26O9/c1-2-9-16(25)31-21-18(27)17(26)20(32-23(29)14-10-5-3-6-11-14)19(28)22(21)33-24(30)15-12-7-4-8-13-15/h3-8,10-13,17-22,26-28H,2,9H2,1H3. The molecule has 0 spiro atoms. The van der Waals surface area contributed by atoms with Gasteiger partial charge in [0.15, 0.2) is 18.3 Å². The first kappa shape index (κ1) is 24.4. The van der Waals surface area contributed by atoms with E-state index in [1.807, 2.05) is 0 Å². The fourth-order valence-electron chi connectivity index (χ4n) is 3.53. The normalized spacial score (nSPS) is 26.8. The average Bonchev–Trinajstić information content (AvgIpc) is 2.83. The first-order valence-electron chi connectivity index (χ1n) is 10.6. The maximum atomic E-state index is 12.6. The second kappa shape index (κ2) is 11.0. The molecule has 0 amide bonds. The third-order valence-electron chi connectivity index (χ3n) is 5.25. The second-order valence-electron chi connectivity index (χ2n) is 7.65. The number of hydrogen-bond acceptors (Lipinski definition) is 9. The quantitative estimate of drug-likeness (QED) is 0.413. The molecule has 0 radical (unpaired) electrons. The van der Waals surface area contributed by atoms with Crippen molar-refractivity contribution in [1.29, 1.82) is 0 Å². The summed E-state index contributed by atoms with van der Waals surface area (Å²) in [5.41, 5.74) is 0.308. The van der Waals surface area contributed by atoms with E-state index in [2.05, 4.69) is 0 Å². The van der Waals surface area contributed by atoms with Crippen LogP contribution in [0.3, 0.4) is 0 Å². The molecule has 1 saturated carbocycles. The summed E-state index contributed by atoms with van der Waals surface area (Å²) in [6, 6.07) is 15.7. The Bertz CT molecular complexity index is 947. The SMILES string of the molecule is CCCC(=O)OC1C(O)C(O)C(OC(=O)c2ccccc2)C(O)C1OC(=O)c1ccccc1. The van der Waals surface area contributed by atoms with Crippen LogP contribution in [0.25, 0.3) is 0 Å². The molecule has 2 aromatic carbocycles. The van der Waals surface area contributed by atoms with Gasteiger partial charge in [0, 0.05) is 6.42 Å². The molecule has 0 heterocycles. The smallest absolute Gasteiger partial charge is 0.338 e. The van der Waals surface area contributed by atoms with Gasteiger partial charge in [0.25, 0.3) is 0 Å². The molecule has 0 aliphatic heterocycles. The zero-order valence-corrected chi connectivity index (χ0v) is 17.9. The van der Waals surface area contributed by atoms with Crippen LogP contribution in [0.15, 0.2) is 60.7 Å². The highest BCUT2D eigenvalue weighted by molar-refractivity contribution is 5.90. The van der Waals surface area contributed by atoms with E-state index in [1.165, 1.54) is 24.3 Å². The Kier molecular flexibility index (Phi) is 8.16. The van der Waals surface area contributed by atoms with Crippen LogP contribution in [-0.4, -0.2) is 69.9 Å². The van der Waals surface area contributed by atoms with Gasteiger partial charge < -0.3 is 29.5 Å². The van der Waals surface area contributed by atoms with Gasteiger partial charge in [-0.3, -0.25) is 4.79 Å². The van der Waals surface area contributed by atoms with Gasteiger partial charge in [-0.2, -0.15) is 0 Å². The van der Waals surface area contributed by atoms with Crippen molar-refractivity contribution in [3.05, 3.63) is 71.8 Å². The Labute approximate surface area is 190 Å². The van der Waals surface area contributed by atoms with E-state index < -0.39 is 54.5 Å². The number of carbonyl (C=O) groups excluding carboxylic acids is 3. The molecule has 9 heteroatoms. The predicted molar refractivity (Wildman–Crippen MR) is 114 cm³/mol. The van der Waals surface area contributed by atoms with Crippen molar-refractivity contribution in [2.75, 3.05) is 0 Å². The van der Waals surface area contributed by atoms with Gasteiger partial charge in [0.05, 0.1) is 11.1 Å². The Morgan fingerprint density at radius 1 is 0.667 bits per heavy atom. The molecule has 176 valence electrons. The van der Waals surface area contributed by atoms with E-state index >= 15 is 0 Å². The molecule has 9 nitrogen and oxygen atoms in total. The van der Waals surface area contributed by atoms with Crippen molar-refractivity contribution in [2.45, 2.75) is 56.4 Å². The van der Waals surface area contributed by atoms with Crippen LogP contribution in [0.1, 0.15) is 40.5 Å². The van der Waals surface area contributed by atoms with Gasteiger partial charge in [-0.1, -0.05) is 43.3 Å². The van der Waals surface area contributed by atoms with Crippen LogP contribution in [0.5, 0.6) is 0 Å². The van der Waals surface area contributed by atoms with Crippen molar-refractivity contribution < 1.29 is 43.9 Å². The van der Waals surface area contributed by atoms with Crippen molar-refractivity contribution >= 4 is 17.9 Å². The summed E-state index contributed by atoms with van der Waals surface area (Å²) in [5.74, 6) is -2.42. The minimum Gasteiger partial charge on any atom is -0.455 e. The Morgan fingerprint density at radius 3 is 1.58 bits per heavy atom. The Balaban J connectivity index is 1.86.